The Bertz CT molecular complexity index is 210. The zero-order chi connectivity index (χ0) is 15.2. The van der Waals surface area contributed by atoms with Crippen LogP contribution >= 0.6 is 0 Å². The molecule has 0 amide bonds. The molecule has 0 spiro atoms. The minimum atomic E-state index is 0.819. The quantitative estimate of drug-likeness (QED) is 0.342. The van der Waals surface area contributed by atoms with E-state index in [2.05, 4.69) is 19.2 Å². The number of nitrogens with one attached hydrogen (secondary N) is 1. The van der Waals surface area contributed by atoms with Crippen molar-refractivity contribution in [3.8, 4) is 0 Å². The van der Waals surface area contributed by atoms with Crippen molar-refractivity contribution in [3.05, 3.63) is 0 Å². The molecule has 126 valence electrons. The largest absolute Gasteiger partial charge is 0.314 e. The molecule has 21 heavy (non-hydrogen) atoms. The van der Waals surface area contributed by atoms with Gasteiger partial charge in [-0.3, -0.25) is 0 Å². The molecule has 1 N–H and O–H groups in total. The van der Waals surface area contributed by atoms with Crippen molar-refractivity contribution in [2.45, 2.75) is 116 Å². The molecule has 0 aromatic rings. The lowest BCUT2D eigenvalue weighted by molar-refractivity contribution is 0.251. The van der Waals surface area contributed by atoms with E-state index in [1.54, 1.807) is 0 Å². The summed E-state index contributed by atoms with van der Waals surface area (Å²) in [5.74, 6) is 1.05. The summed E-state index contributed by atoms with van der Waals surface area (Å²) < 4.78 is 0. The summed E-state index contributed by atoms with van der Waals surface area (Å²) in [7, 11) is 0. The minimum Gasteiger partial charge on any atom is -0.314 e. The van der Waals surface area contributed by atoms with Gasteiger partial charge in [0, 0.05) is 6.04 Å². The molecule has 1 fully saturated rings. The maximum absolute atomic E-state index is 3.79. The molecule has 1 rings (SSSR count). The summed E-state index contributed by atoms with van der Waals surface area (Å²) in [6, 6.07) is 0.819. The first-order valence-corrected chi connectivity index (χ1v) is 10.1. The van der Waals surface area contributed by atoms with Crippen LogP contribution < -0.4 is 5.32 Å². The molecule has 0 bridgehead atoms. The molecule has 0 saturated heterocycles. The Morgan fingerprint density at radius 1 is 0.810 bits per heavy atom. The van der Waals surface area contributed by atoms with Gasteiger partial charge < -0.3 is 5.32 Å². The first-order chi connectivity index (χ1) is 10.4. The summed E-state index contributed by atoms with van der Waals surface area (Å²) in [4.78, 5) is 0. The van der Waals surface area contributed by atoms with Crippen LogP contribution in [0.15, 0.2) is 0 Å². The third-order valence-electron chi connectivity index (χ3n) is 5.18. The van der Waals surface area contributed by atoms with Crippen molar-refractivity contribution in [2.75, 3.05) is 6.54 Å². The van der Waals surface area contributed by atoms with Crippen molar-refractivity contribution in [1.82, 2.24) is 5.32 Å². The fraction of sp³-hybridized carbons (Fsp3) is 1.00. The van der Waals surface area contributed by atoms with Crippen molar-refractivity contribution < 1.29 is 0 Å². The molecule has 1 nitrogen and oxygen atoms in total. The van der Waals surface area contributed by atoms with E-state index in [1.807, 2.05) is 0 Å². The minimum absolute atomic E-state index is 0.819. The summed E-state index contributed by atoms with van der Waals surface area (Å²) in [5.41, 5.74) is 0. The monoisotopic (exact) mass is 295 g/mol. The van der Waals surface area contributed by atoms with Gasteiger partial charge in [-0.2, -0.15) is 0 Å². The van der Waals surface area contributed by atoms with Crippen LogP contribution in [0, 0.1) is 5.92 Å². The summed E-state index contributed by atoms with van der Waals surface area (Å²) in [6.07, 6.45) is 21.7. The summed E-state index contributed by atoms with van der Waals surface area (Å²) in [6.45, 7) is 5.80. The SMILES string of the molecule is CCCCCCCCCCCC(CC1CCC1)NCCC. The highest BCUT2D eigenvalue weighted by molar-refractivity contribution is 4.77. The molecule has 0 radical (unpaired) electrons. The van der Waals surface area contributed by atoms with E-state index < -0.39 is 0 Å². The van der Waals surface area contributed by atoms with Gasteiger partial charge in [0.1, 0.15) is 0 Å². The van der Waals surface area contributed by atoms with Gasteiger partial charge in [0.2, 0.25) is 0 Å². The molecular formula is C20H41N. The van der Waals surface area contributed by atoms with E-state index in [0.717, 1.165) is 12.0 Å². The van der Waals surface area contributed by atoms with E-state index in [9.17, 15) is 0 Å². The Kier molecular flexibility index (Phi) is 12.3. The number of hydrogen-bond donors (Lipinski definition) is 1. The molecule has 0 heterocycles. The number of rotatable bonds is 15. The van der Waals surface area contributed by atoms with Crippen LogP contribution in [0.3, 0.4) is 0 Å². The molecule has 0 aromatic carbocycles. The average molecular weight is 296 g/mol. The van der Waals surface area contributed by atoms with Gasteiger partial charge in [-0.15, -0.1) is 0 Å². The van der Waals surface area contributed by atoms with Crippen molar-refractivity contribution in [1.29, 1.82) is 0 Å². The third-order valence-corrected chi connectivity index (χ3v) is 5.18. The molecule has 1 saturated carbocycles. The molecule has 1 heteroatoms. The molecule has 0 aliphatic heterocycles. The second-order valence-electron chi connectivity index (χ2n) is 7.30. The van der Waals surface area contributed by atoms with Crippen molar-refractivity contribution in [3.63, 3.8) is 0 Å². The lowest BCUT2D eigenvalue weighted by atomic mass is 9.80. The van der Waals surface area contributed by atoms with E-state index >= 15 is 0 Å². The predicted molar refractivity (Wildman–Crippen MR) is 95.9 cm³/mol. The second-order valence-corrected chi connectivity index (χ2v) is 7.30. The molecule has 1 aliphatic rings. The van der Waals surface area contributed by atoms with Gasteiger partial charge in [-0.05, 0) is 31.7 Å². The average Bonchev–Trinajstić information content (AvgIpc) is 2.45. The van der Waals surface area contributed by atoms with Crippen molar-refractivity contribution in [2.24, 2.45) is 5.92 Å². The molecule has 1 atom stereocenters. The number of unbranched alkanes of at least 4 members (excludes halogenated alkanes) is 8. The highest BCUT2D eigenvalue weighted by atomic mass is 14.9. The first kappa shape index (κ1) is 19.0. The van der Waals surface area contributed by atoms with Crippen molar-refractivity contribution >= 4 is 0 Å². The Morgan fingerprint density at radius 2 is 1.43 bits per heavy atom. The Labute approximate surface area is 134 Å². The summed E-state index contributed by atoms with van der Waals surface area (Å²) in [5, 5.41) is 3.79. The number of hydrogen-bond acceptors (Lipinski definition) is 1. The second kappa shape index (κ2) is 13.6. The van der Waals surface area contributed by atoms with Gasteiger partial charge in [-0.25, -0.2) is 0 Å². The Morgan fingerprint density at radius 3 is 1.95 bits per heavy atom. The predicted octanol–water partition coefficient (Wildman–Crippen LogP) is 6.47. The van der Waals surface area contributed by atoms with Crippen LogP contribution in [0.4, 0.5) is 0 Å². The van der Waals surface area contributed by atoms with Crippen LogP contribution in [0.25, 0.3) is 0 Å². The molecular weight excluding hydrogens is 254 g/mol. The van der Waals surface area contributed by atoms with Gasteiger partial charge in [-0.1, -0.05) is 90.9 Å². The van der Waals surface area contributed by atoms with E-state index in [-0.39, 0.29) is 0 Å². The fourth-order valence-corrected chi connectivity index (χ4v) is 3.48. The summed E-state index contributed by atoms with van der Waals surface area (Å²) >= 11 is 0. The highest BCUT2D eigenvalue weighted by Gasteiger charge is 2.21. The Balaban J connectivity index is 1.93. The van der Waals surface area contributed by atoms with Crippen LogP contribution in [-0.4, -0.2) is 12.6 Å². The smallest absolute Gasteiger partial charge is 0.00696 e. The van der Waals surface area contributed by atoms with E-state index in [4.69, 9.17) is 0 Å². The fourth-order valence-electron chi connectivity index (χ4n) is 3.48. The highest BCUT2D eigenvalue weighted by Crippen LogP contribution is 2.31. The van der Waals surface area contributed by atoms with Gasteiger partial charge >= 0.3 is 0 Å². The maximum atomic E-state index is 3.79. The lowest BCUT2D eigenvalue weighted by Crippen LogP contribution is -2.33. The molecule has 1 unspecified atom stereocenters. The standard InChI is InChI=1S/C20H41N/c1-3-5-6-7-8-9-10-11-12-16-20(21-17-4-2)18-19-14-13-15-19/h19-21H,3-18H2,1-2H3. The van der Waals surface area contributed by atoms with Crippen LogP contribution in [0.2, 0.25) is 0 Å². The first-order valence-electron chi connectivity index (χ1n) is 10.1. The van der Waals surface area contributed by atoms with Gasteiger partial charge in [0.15, 0.2) is 0 Å². The van der Waals surface area contributed by atoms with Crippen LogP contribution in [-0.2, 0) is 0 Å². The molecule has 1 aliphatic carbocycles. The zero-order valence-corrected chi connectivity index (χ0v) is 15.0. The zero-order valence-electron chi connectivity index (χ0n) is 15.0. The van der Waals surface area contributed by atoms with Crippen LogP contribution in [0.1, 0.15) is 110 Å². The Hall–Kier alpha value is -0.0400. The lowest BCUT2D eigenvalue weighted by Gasteiger charge is -2.30. The topological polar surface area (TPSA) is 12.0 Å². The maximum Gasteiger partial charge on any atom is 0.00696 e. The van der Waals surface area contributed by atoms with E-state index in [0.29, 0.717) is 0 Å². The van der Waals surface area contributed by atoms with Gasteiger partial charge in [0.05, 0.1) is 0 Å². The van der Waals surface area contributed by atoms with Gasteiger partial charge in [0.25, 0.3) is 0 Å². The molecule has 0 aromatic heterocycles. The van der Waals surface area contributed by atoms with E-state index in [1.165, 1.54) is 103 Å². The third kappa shape index (κ3) is 10.3. The van der Waals surface area contributed by atoms with Crippen LogP contribution in [0.5, 0.6) is 0 Å². The normalized spacial score (nSPS) is 16.9.